The van der Waals surface area contributed by atoms with Crippen molar-refractivity contribution >= 4 is 33.7 Å². The van der Waals surface area contributed by atoms with E-state index >= 15 is 0 Å². The van der Waals surface area contributed by atoms with Crippen LogP contribution < -0.4 is 0 Å². The standard InChI is InChI=1S/C2H2N2S2/c1-3-2-5-6-4-1/h1-2H. The van der Waals surface area contributed by atoms with Gasteiger partial charge in [0.1, 0.15) is 6.34 Å². The molecule has 0 saturated carbocycles. The van der Waals surface area contributed by atoms with Gasteiger partial charge in [0.15, 0.2) is 0 Å². The first-order valence-electron chi connectivity index (χ1n) is 1.36. The summed E-state index contributed by atoms with van der Waals surface area (Å²) in [5.41, 5.74) is 1.75. The summed E-state index contributed by atoms with van der Waals surface area (Å²) < 4.78 is 3.73. The van der Waals surface area contributed by atoms with Crippen LogP contribution in [0.1, 0.15) is 0 Å². The fourth-order valence-corrected chi connectivity index (χ4v) is 0.957. The molecule has 0 bridgehead atoms. The molecule has 0 unspecified atom stereocenters. The van der Waals surface area contributed by atoms with Crippen LogP contribution in [-0.4, -0.2) is 11.9 Å². The topological polar surface area (TPSA) is 24.7 Å². The fraction of sp³-hybridized carbons (Fsp3) is 0. The van der Waals surface area contributed by atoms with E-state index in [1.807, 2.05) is 0 Å². The summed E-state index contributed by atoms with van der Waals surface area (Å²) in [6.07, 6.45) is 1.53. The quantitative estimate of drug-likeness (QED) is 0.354. The number of hydrogen-bond acceptors (Lipinski definition) is 4. The highest BCUT2D eigenvalue weighted by atomic mass is 33.1. The molecular formula is C2H2N2S2. The van der Waals surface area contributed by atoms with Crippen molar-refractivity contribution in [2.45, 2.75) is 0 Å². The Morgan fingerprint density at radius 2 is 2.50 bits per heavy atom. The van der Waals surface area contributed by atoms with Gasteiger partial charge in [0, 0.05) is 0 Å². The van der Waals surface area contributed by atoms with Gasteiger partial charge in [-0.2, -0.15) is 4.40 Å². The summed E-state index contributed by atoms with van der Waals surface area (Å²) in [6.45, 7) is 0. The van der Waals surface area contributed by atoms with Gasteiger partial charge < -0.3 is 0 Å². The summed E-state index contributed by atoms with van der Waals surface area (Å²) in [7, 11) is 2.95. The molecule has 0 aromatic rings. The average molecular weight is 118 g/mol. The van der Waals surface area contributed by atoms with Gasteiger partial charge in [-0.3, -0.25) is 0 Å². The zero-order valence-electron chi connectivity index (χ0n) is 2.87. The highest BCUT2D eigenvalue weighted by Crippen LogP contribution is 2.20. The van der Waals surface area contributed by atoms with Crippen LogP contribution in [0.25, 0.3) is 0 Å². The summed E-state index contributed by atoms with van der Waals surface area (Å²) in [6, 6.07) is 0. The van der Waals surface area contributed by atoms with Gasteiger partial charge in [-0.05, 0) is 10.8 Å². The fourth-order valence-electron chi connectivity index (χ4n) is 0.143. The van der Waals surface area contributed by atoms with Crippen LogP contribution in [0.2, 0.25) is 0 Å². The number of hydrogen-bond donors (Lipinski definition) is 0. The maximum Gasteiger partial charge on any atom is 0.125 e. The first-order valence-corrected chi connectivity index (χ1v) is 3.53. The van der Waals surface area contributed by atoms with Crippen LogP contribution in [0.4, 0.5) is 0 Å². The van der Waals surface area contributed by atoms with Gasteiger partial charge in [-0.15, -0.1) is 0 Å². The maximum atomic E-state index is 3.73. The molecular weight excluding hydrogens is 116 g/mol. The number of nitrogens with zero attached hydrogens (tertiary/aromatic N) is 2. The van der Waals surface area contributed by atoms with E-state index in [4.69, 9.17) is 0 Å². The lowest BCUT2D eigenvalue weighted by atomic mass is 11.3. The van der Waals surface area contributed by atoms with Crippen LogP contribution in [0.3, 0.4) is 0 Å². The number of aliphatic imine (C=N–C) groups is 1. The molecule has 2 nitrogen and oxygen atoms in total. The zero-order chi connectivity index (χ0) is 4.24. The lowest BCUT2D eigenvalue weighted by Crippen LogP contribution is -1.67. The Morgan fingerprint density at radius 1 is 1.50 bits per heavy atom. The van der Waals surface area contributed by atoms with E-state index in [2.05, 4.69) is 9.39 Å². The molecule has 1 rings (SSSR count). The Labute approximate surface area is 43.7 Å². The van der Waals surface area contributed by atoms with E-state index in [1.165, 1.54) is 28.1 Å². The molecule has 1 aliphatic rings. The molecule has 0 saturated heterocycles. The van der Waals surface area contributed by atoms with Crippen molar-refractivity contribution in [3.8, 4) is 0 Å². The Kier molecular flexibility index (Phi) is 1.58. The van der Waals surface area contributed by atoms with Crippen molar-refractivity contribution in [2.75, 3.05) is 0 Å². The van der Waals surface area contributed by atoms with Gasteiger partial charge in [0.25, 0.3) is 0 Å². The number of rotatable bonds is 0. The molecule has 0 aliphatic carbocycles. The minimum absolute atomic E-state index is 1.43. The predicted molar refractivity (Wildman–Crippen MR) is 32.2 cm³/mol. The van der Waals surface area contributed by atoms with E-state index in [1.54, 1.807) is 5.55 Å². The van der Waals surface area contributed by atoms with Gasteiger partial charge in [-0.1, -0.05) is 0 Å². The van der Waals surface area contributed by atoms with Crippen molar-refractivity contribution in [2.24, 2.45) is 9.39 Å². The second-order valence-corrected chi connectivity index (χ2v) is 2.43. The van der Waals surface area contributed by atoms with E-state index in [0.29, 0.717) is 0 Å². The second kappa shape index (κ2) is 2.25. The van der Waals surface area contributed by atoms with Crippen LogP contribution in [-0.2, 0) is 0 Å². The molecule has 0 fully saturated rings. The minimum Gasteiger partial charge on any atom is -0.236 e. The smallest absolute Gasteiger partial charge is 0.125 e. The Morgan fingerprint density at radius 3 is 2.67 bits per heavy atom. The highest BCUT2D eigenvalue weighted by Gasteiger charge is 1.81. The lowest BCUT2D eigenvalue weighted by Gasteiger charge is -1.85. The maximum absolute atomic E-state index is 3.73. The molecule has 6 heavy (non-hydrogen) atoms. The van der Waals surface area contributed by atoms with Gasteiger partial charge >= 0.3 is 0 Å². The van der Waals surface area contributed by atoms with Gasteiger partial charge in [0.05, 0.1) is 16.5 Å². The van der Waals surface area contributed by atoms with Crippen molar-refractivity contribution in [1.82, 2.24) is 0 Å². The van der Waals surface area contributed by atoms with Gasteiger partial charge in [0.2, 0.25) is 0 Å². The van der Waals surface area contributed by atoms with E-state index in [9.17, 15) is 0 Å². The van der Waals surface area contributed by atoms with Crippen molar-refractivity contribution in [1.29, 1.82) is 0 Å². The van der Waals surface area contributed by atoms with Crippen LogP contribution in [0, 0.1) is 0 Å². The summed E-state index contributed by atoms with van der Waals surface area (Å²) in [5, 5.41) is 0. The normalized spacial score (nSPS) is 18.7. The SMILES string of the molecule is C1=NC=NSS1. The van der Waals surface area contributed by atoms with Crippen molar-refractivity contribution in [3.63, 3.8) is 0 Å². The van der Waals surface area contributed by atoms with E-state index < -0.39 is 0 Å². The molecule has 1 heterocycles. The molecule has 0 aromatic carbocycles. The van der Waals surface area contributed by atoms with Crippen LogP contribution in [0.5, 0.6) is 0 Å². The Balaban J connectivity index is 2.46. The minimum atomic E-state index is 1.43. The Hall–Kier alpha value is 0.0400. The lowest BCUT2D eigenvalue weighted by molar-refractivity contribution is 1.79. The van der Waals surface area contributed by atoms with Crippen molar-refractivity contribution in [3.05, 3.63) is 0 Å². The predicted octanol–water partition coefficient (Wildman–Crippen LogP) is 1.35. The third kappa shape index (κ3) is 1.02. The van der Waals surface area contributed by atoms with E-state index in [0.717, 1.165) is 0 Å². The monoisotopic (exact) mass is 118 g/mol. The molecule has 1 aliphatic heterocycles. The molecule has 0 radical (unpaired) electrons. The van der Waals surface area contributed by atoms with Crippen molar-refractivity contribution < 1.29 is 0 Å². The first kappa shape index (κ1) is 4.21. The molecule has 0 aromatic heterocycles. The summed E-state index contributed by atoms with van der Waals surface area (Å²) >= 11 is 0. The molecule has 0 amide bonds. The zero-order valence-corrected chi connectivity index (χ0v) is 4.50. The highest BCUT2D eigenvalue weighted by molar-refractivity contribution is 8.81. The molecule has 4 heteroatoms. The largest absolute Gasteiger partial charge is 0.236 e. The average Bonchev–Trinajstić information content (AvgIpc) is 1.72. The second-order valence-electron chi connectivity index (χ2n) is 0.646. The summed E-state index contributed by atoms with van der Waals surface area (Å²) in [4.78, 5) is 3.70. The third-order valence-electron chi connectivity index (χ3n) is 0.304. The van der Waals surface area contributed by atoms with Gasteiger partial charge in [-0.25, -0.2) is 4.99 Å². The van der Waals surface area contributed by atoms with E-state index in [-0.39, 0.29) is 0 Å². The Bertz CT molecular complexity index is 75.5. The van der Waals surface area contributed by atoms with Crippen LogP contribution in [0.15, 0.2) is 9.39 Å². The molecule has 0 atom stereocenters. The molecule has 0 spiro atoms. The van der Waals surface area contributed by atoms with Crippen LogP contribution >= 0.6 is 21.8 Å². The molecule has 32 valence electrons. The first-order chi connectivity index (χ1) is 3.00. The molecule has 0 N–H and O–H groups in total. The third-order valence-corrected chi connectivity index (χ3v) is 1.55. The summed E-state index contributed by atoms with van der Waals surface area (Å²) in [5.74, 6) is 0.